The molecule has 0 bridgehead atoms. The molecule has 42 heavy (non-hydrogen) atoms. The molecular formula is C27H30O15. The van der Waals surface area contributed by atoms with Crippen molar-refractivity contribution < 1.29 is 69.3 Å². The number of phenolic OH excluding ortho intramolecular Hbond substituents is 3. The highest BCUT2D eigenvalue weighted by molar-refractivity contribution is 5.88. The smallest absolute Gasteiger partial charge is 0.239 e. The van der Waals surface area contributed by atoms with Crippen molar-refractivity contribution in [2.24, 2.45) is 0 Å². The summed E-state index contributed by atoms with van der Waals surface area (Å²) in [5, 5.41) is 91.6. The lowest BCUT2D eigenvalue weighted by atomic mass is 9.97. The topological polar surface area (TPSA) is 249 Å². The molecule has 10 atom stereocenters. The van der Waals surface area contributed by atoms with E-state index in [0.717, 1.165) is 12.1 Å². The maximum atomic E-state index is 13.7. The lowest BCUT2D eigenvalue weighted by Gasteiger charge is -2.45. The molecule has 15 nitrogen and oxygen atoms in total. The van der Waals surface area contributed by atoms with Crippen LogP contribution in [0, 0.1) is 0 Å². The number of aromatic hydroxyl groups is 3. The number of rotatable bonds is 6. The van der Waals surface area contributed by atoms with Gasteiger partial charge in [0.15, 0.2) is 18.2 Å². The molecule has 3 heterocycles. The minimum Gasteiger partial charge on any atom is -0.508 e. The Bertz CT molecular complexity index is 1470. The Labute approximate surface area is 236 Å². The lowest BCUT2D eigenvalue weighted by molar-refractivity contribution is -0.354. The van der Waals surface area contributed by atoms with Crippen LogP contribution in [0.1, 0.15) is 6.92 Å². The van der Waals surface area contributed by atoms with E-state index in [2.05, 4.69) is 0 Å². The van der Waals surface area contributed by atoms with Crippen molar-refractivity contribution in [1.82, 2.24) is 0 Å². The largest absolute Gasteiger partial charge is 0.508 e. The first-order chi connectivity index (χ1) is 19.9. The highest BCUT2D eigenvalue weighted by Gasteiger charge is 2.51. The van der Waals surface area contributed by atoms with Crippen LogP contribution in [-0.4, -0.2) is 114 Å². The number of fused-ring (bicyclic) bond motifs is 1. The number of aliphatic hydroxyl groups excluding tert-OH is 6. The van der Waals surface area contributed by atoms with Gasteiger partial charge in [0.25, 0.3) is 0 Å². The number of ether oxygens (including phenoxy) is 4. The van der Waals surface area contributed by atoms with E-state index < -0.39 is 96.1 Å². The monoisotopic (exact) mass is 594 g/mol. The van der Waals surface area contributed by atoms with E-state index in [1.54, 1.807) is 0 Å². The molecule has 0 spiro atoms. The molecule has 9 N–H and O–H groups in total. The quantitative estimate of drug-likeness (QED) is 0.159. The molecule has 228 valence electrons. The van der Waals surface area contributed by atoms with Gasteiger partial charge in [-0.1, -0.05) is 0 Å². The Hall–Kier alpha value is -3.51. The molecule has 5 rings (SSSR count). The zero-order valence-electron chi connectivity index (χ0n) is 21.9. The Kier molecular flexibility index (Phi) is 8.30. The summed E-state index contributed by atoms with van der Waals surface area (Å²) in [5.41, 5.74) is -0.995. The van der Waals surface area contributed by atoms with E-state index in [-0.39, 0.29) is 22.7 Å². The zero-order valence-corrected chi connectivity index (χ0v) is 21.9. The minimum atomic E-state index is -1.87. The van der Waals surface area contributed by atoms with Crippen LogP contribution < -0.4 is 10.2 Å². The van der Waals surface area contributed by atoms with Crippen molar-refractivity contribution in [2.45, 2.75) is 68.3 Å². The summed E-state index contributed by atoms with van der Waals surface area (Å²) in [7, 11) is 0. The number of benzene rings is 2. The Morgan fingerprint density at radius 3 is 2.17 bits per heavy atom. The van der Waals surface area contributed by atoms with Gasteiger partial charge in [0, 0.05) is 17.7 Å². The van der Waals surface area contributed by atoms with E-state index in [1.807, 2.05) is 0 Å². The summed E-state index contributed by atoms with van der Waals surface area (Å²) in [5.74, 6) is -2.03. The predicted molar refractivity (Wildman–Crippen MR) is 139 cm³/mol. The molecule has 2 aliphatic heterocycles. The molecule has 2 aromatic carbocycles. The summed E-state index contributed by atoms with van der Waals surface area (Å²) in [6, 6.07) is 7.31. The zero-order chi connectivity index (χ0) is 30.5. The fourth-order valence-corrected chi connectivity index (χ4v) is 4.87. The van der Waals surface area contributed by atoms with Gasteiger partial charge in [0.2, 0.25) is 17.5 Å². The maximum absolute atomic E-state index is 13.7. The third-order valence-electron chi connectivity index (χ3n) is 7.21. The van der Waals surface area contributed by atoms with Crippen LogP contribution in [-0.2, 0) is 14.2 Å². The van der Waals surface area contributed by atoms with Crippen molar-refractivity contribution in [2.75, 3.05) is 6.61 Å². The second-order valence-corrected chi connectivity index (χ2v) is 10.1. The van der Waals surface area contributed by atoms with Crippen molar-refractivity contribution in [1.29, 1.82) is 0 Å². The van der Waals surface area contributed by atoms with Crippen molar-refractivity contribution in [3.63, 3.8) is 0 Å². The summed E-state index contributed by atoms with van der Waals surface area (Å²) >= 11 is 0. The highest BCUT2D eigenvalue weighted by atomic mass is 16.8. The van der Waals surface area contributed by atoms with Crippen LogP contribution >= 0.6 is 0 Å². The van der Waals surface area contributed by atoms with Crippen LogP contribution in [0.15, 0.2) is 45.6 Å². The standard InChI is InChI=1S/C27H30O15/c1-9-17(32)20(35)22(37)26(38-9)42-25-21(36)18(33)15(8-28)40-27(25)41-24-19(34)16-13(31)6-12(30)7-14(16)39-23(24)10-2-4-11(29)5-3-10/h2-7,9,15,17-18,20-22,25-33,35-37H,8H2,1H3/t9-,15+,17+,18-,20-,21-,22-,25-,26+,27-/m1/s1. The fraction of sp³-hybridized carbons (Fsp3) is 0.444. The summed E-state index contributed by atoms with van der Waals surface area (Å²) in [4.78, 5) is 13.7. The van der Waals surface area contributed by atoms with E-state index in [9.17, 15) is 50.8 Å². The molecule has 2 aliphatic rings. The molecule has 0 aliphatic carbocycles. The molecule has 2 fully saturated rings. The van der Waals surface area contributed by atoms with Gasteiger partial charge in [0.1, 0.15) is 64.8 Å². The fourth-order valence-electron chi connectivity index (χ4n) is 4.87. The van der Waals surface area contributed by atoms with Crippen LogP contribution in [0.25, 0.3) is 22.3 Å². The van der Waals surface area contributed by atoms with Crippen molar-refractivity contribution >= 4 is 11.0 Å². The Balaban J connectivity index is 1.60. The number of phenols is 3. The number of hydrogen-bond donors (Lipinski definition) is 9. The average molecular weight is 595 g/mol. The Morgan fingerprint density at radius 1 is 0.810 bits per heavy atom. The molecule has 0 saturated carbocycles. The van der Waals surface area contributed by atoms with Gasteiger partial charge in [-0.2, -0.15) is 0 Å². The molecular weight excluding hydrogens is 564 g/mol. The first kappa shape index (κ1) is 30.0. The van der Waals surface area contributed by atoms with Crippen LogP contribution in [0.4, 0.5) is 0 Å². The van der Waals surface area contributed by atoms with Crippen LogP contribution in [0.3, 0.4) is 0 Å². The number of hydrogen-bond acceptors (Lipinski definition) is 15. The van der Waals surface area contributed by atoms with E-state index in [1.165, 1.54) is 31.2 Å². The van der Waals surface area contributed by atoms with Crippen LogP contribution in [0.2, 0.25) is 0 Å². The predicted octanol–water partition coefficient (Wildman–Crippen LogP) is -1.39. The van der Waals surface area contributed by atoms with Gasteiger partial charge in [-0.3, -0.25) is 4.79 Å². The van der Waals surface area contributed by atoms with E-state index >= 15 is 0 Å². The third kappa shape index (κ3) is 5.37. The van der Waals surface area contributed by atoms with E-state index in [4.69, 9.17) is 23.4 Å². The molecule has 2 saturated heterocycles. The second-order valence-electron chi connectivity index (χ2n) is 10.1. The molecule has 15 heteroatoms. The normalized spacial score (nSPS) is 33.5. The Morgan fingerprint density at radius 2 is 1.50 bits per heavy atom. The SMILES string of the molecule is C[C@H]1O[C@@H](O[C@H]2[C@@H](Oc3c(-c4ccc(O)cc4)oc4cc(O)cc(O)c4c3=O)O[C@@H](CO)[C@@H](O)[C@H]2O)[C@H](O)[C@H](O)[C@H]1O. The first-order valence-electron chi connectivity index (χ1n) is 12.9. The average Bonchev–Trinajstić information content (AvgIpc) is 2.95. The van der Waals surface area contributed by atoms with Gasteiger partial charge in [-0.05, 0) is 31.2 Å². The molecule has 0 radical (unpaired) electrons. The second kappa shape index (κ2) is 11.6. The van der Waals surface area contributed by atoms with Gasteiger partial charge in [-0.25, -0.2) is 0 Å². The third-order valence-corrected chi connectivity index (χ3v) is 7.21. The number of aliphatic hydroxyl groups is 6. The molecule has 0 unspecified atom stereocenters. The maximum Gasteiger partial charge on any atom is 0.239 e. The van der Waals surface area contributed by atoms with Gasteiger partial charge in [-0.15, -0.1) is 0 Å². The molecule has 3 aromatic rings. The summed E-state index contributed by atoms with van der Waals surface area (Å²) < 4.78 is 28.5. The summed E-state index contributed by atoms with van der Waals surface area (Å²) in [6.45, 7) is 0.593. The van der Waals surface area contributed by atoms with Crippen molar-refractivity contribution in [3.05, 3.63) is 46.6 Å². The van der Waals surface area contributed by atoms with Crippen LogP contribution in [0.5, 0.6) is 23.0 Å². The molecule has 0 amide bonds. The summed E-state index contributed by atoms with van der Waals surface area (Å²) in [6.07, 6.45) is -16.3. The minimum absolute atomic E-state index is 0.112. The lowest BCUT2D eigenvalue weighted by Crippen LogP contribution is -2.64. The van der Waals surface area contributed by atoms with Crippen molar-refractivity contribution in [3.8, 4) is 34.3 Å². The van der Waals surface area contributed by atoms with Gasteiger partial charge >= 0.3 is 0 Å². The van der Waals surface area contributed by atoms with Gasteiger partial charge in [0.05, 0.1) is 12.7 Å². The first-order valence-corrected chi connectivity index (χ1v) is 12.9. The highest BCUT2D eigenvalue weighted by Crippen LogP contribution is 2.38. The molecule has 1 aromatic heterocycles. The van der Waals surface area contributed by atoms with E-state index in [0.29, 0.717) is 0 Å². The van der Waals surface area contributed by atoms with Gasteiger partial charge < -0.3 is 69.3 Å².